The summed E-state index contributed by atoms with van der Waals surface area (Å²) in [6.45, 7) is 0. The maximum absolute atomic E-state index is 11.9. The third-order valence-corrected chi connectivity index (χ3v) is 3.69. The van der Waals surface area contributed by atoms with Crippen LogP contribution in [0, 0.1) is 0 Å². The van der Waals surface area contributed by atoms with Crippen LogP contribution in [-0.4, -0.2) is 36.0 Å². The van der Waals surface area contributed by atoms with Gasteiger partial charge < -0.3 is 19.7 Å². The SMILES string of the molecule is COC1=C/C(=C/C/C(O)=C/C(=O)/C=C/c2ccc(O)c(OC)c2)C=CC1=O. The monoisotopic (exact) mass is 368 g/mol. The molecular weight excluding hydrogens is 348 g/mol. The lowest BCUT2D eigenvalue weighted by molar-refractivity contribution is -0.114. The van der Waals surface area contributed by atoms with Crippen LogP contribution < -0.4 is 4.74 Å². The Hall–Kier alpha value is -3.54. The summed E-state index contributed by atoms with van der Waals surface area (Å²) in [6.07, 6.45) is 10.3. The molecule has 27 heavy (non-hydrogen) atoms. The van der Waals surface area contributed by atoms with Crippen molar-refractivity contribution in [3.05, 3.63) is 77.3 Å². The quantitative estimate of drug-likeness (QED) is 0.566. The zero-order valence-electron chi connectivity index (χ0n) is 15.0. The van der Waals surface area contributed by atoms with Gasteiger partial charge in [-0.25, -0.2) is 0 Å². The molecule has 1 aliphatic rings. The maximum Gasteiger partial charge on any atom is 0.220 e. The Morgan fingerprint density at radius 1 is 1.19 bits per heavy atom. The minimum atomic E-state index is -0.388. The van der Waals surface area contributed by atoms with Crippen molar-refractivity contribution in [3.8, 4) is 11.5 Å². The summed E-state index contributed by atoms with van der Waals surface area (Å²) in [5.74, 6) is -0.192. The molecule has 0 amide bonds. The lowest BCUT2D eigenvalue weighted by Gasteiger charge is -2.07. The summed E-state index contributed by atoms with van der Waals surface area (Å²) >= 11 is 0. The van der Waals surface area contributed by atoms with Crippen LogP contribution in [0.2, 0.25) is 0 Å². The van der Waals surface area contributed by atoms with E-state index in [0.29, 0.717) is 16.9 Å². The molecule has 140 valence electrons. The van der Waals surface area contributed by atoms with Crippen LogP contribution in [0.4, 0.5) is 0 Å². The van der Waals surface area contributed by atoms with Crippen LogP contribution in [0.5, 0.6) is 11.5 Å². The molecule has 0 saturated carbocycles. The number of phenols is 1. The molecule has 1 aromatic rings. The Morgan fingerprint density at radius 3 is 2.67 bits per heavy atom. The molecule has 0 heterocycles. The van der Waals surface area contributed by atoms with Gasteiger partial charge in [0.15, 0.2) is 23.0 Å². The van der Waals surface area contributed by atoms with E-state index in [9.17, 15) is 19.8 Å². The largest absolute Gasteiger partial charge is 0.512 e. The fourth-order valence-electron chi connectivity index (χ4n) is 2.28. The smallest absolute Gasteiger partial charge is 0.220 e. The number of benzene rings is 1. The molecule has 0 fully saturated rings. The van der Waals surface area contributed by atoms with E-state index in [1.165, 1.54) is 32.4 Å². The normalized spacial score (nSPS) is 15.9. The first kappa shape index (κ1) is 19.8. The Balaban J connectivity index is 2.00. The molecule has 0 aromatic heterocycles. The zero-order chi connectivity index (χ0) is 19.8. The van der Waals surface area contributed by atoms with E-state index in [4.69, 9.17) is 9.47 Å². The summed E-state index contributed by atoms with van der Waals surface area (Å²) in [5, 5.41) is 19.5. The van der Waals surface area contributed by atoms with Crippen molar-refractivity contribution >= 4 is 17.6 Å². The van der Waals surface area contributed by atoms with Gasteiger partial charge in [-0.05, 0) is 41.5 Å². The van der Waals surface area contributed by atoms with Gasteiger partial charge in [-0.15, -0.1) is 0 Å². The van der Waals surface area contributed by atoms with Gasteiger partial charge in [0.2, 0.25) is 5.78 Å². The van der Waals surface area contributed by atoms with Crippen molar-refractivity contribution in [2.24, 2.45) is 0 Å². The molecule has 0 spiro atoms. The van der Waals surface area contributed by atoms with Crippen LogP contribution in [0.1, 0.15) is 12.0 Å². The molecule has 6 heteroatoms. The minimum absolute atomic E-state index is 0.00990. The number of ketones is 2. The Morgan fingerprint density at radius 2 is 1.96 bits per heavy atom. The number of aromatic hydroxyl groups is 1. The lowest BCUT2D eigenvalue weighted by Crippen LogP contribution is -2.04. The van der Waals surface area contributed by atoms with Gasteiger partial charge in [0, 0.05) is 12.5 Å². The Kier molecular flexibility index (Phi) is 6.77. The van der Waals surface area contributed by atoms with E-state index in [1.807, 2.05) is 0 Å². The predicted molar refractivity (Wildman–Crippen MR) is 101 cm³/mol. The first-order valence-electron chi connectivity index (χ1n) is 8.09. The van der Waals surface area contributed by atoms with Gasteiger partial charge >= 0.3 is 0 Å². The van der Waals surface area contributed by atoms with Crippen molar-refractivity contribution in [3.63, 3.8) is 0 Å². The van der Waals surface area contributed by atoms with Crippen LogP contribution >= 0.6 is 0 Å². The van der Waals surface area contributed by atoms with Gasteiger partial charge in [-0.2, -0.15) is 0 Å². The number of methoxy groups -OCH3 is 2. The first-order chi connectivity index (χ1) is 12.9. The third kappa shape index (κ3) is 5.74. The van der Waals surface area contributed by atoms with Crippen molar-refractivity contribution in [2.45, 2.75) is 6.42 Å². The number of aliphatic hydroxyl groups is 1. The van der Waals surface area contributed by atoms with E-state index in [1.54, 1.807) is 36.4 Å². The number of allylic oxidation sites excluding steroid dienone is 7. The molecule has 0 radical (unpaired) electrons. The topological polar surface area (TPSA) is 93.1 Å². The maximum atomic E-state index is 11.9. The molecule has 2 rings (SSSR count). The molecule has 2 N–H and O–H groups in total. The van der Waals surface area contributed by atoms with E-state index >= 15 is 0 Å². The zero-order valence-corrected chi connectivity index (χ0v) is 15.0. The third-order valence-electron chi connectivity index (χ3n) is 3.69. The second kappa shape index (κ2) is 9.24. The molecular formula is C21H20O6. The van der Waals surface area contributed by atoms with Crippen molar-refractivity contribution < 1.29 is 29.3 Å². The minimum Gasteiger partial charge on any atom is -0.512 e. The van der Waals surface area contributed by atoms with Crippen molar-refractivity contribution in [2.75, 3.05) is 14.2 Å². The van der Waals surface area contributed by atoms with Crippen LogP contribution in [-0.2, 0) is 14.3 Å². The lowest BCUT2D eigenvalue weighted by atomic mass is 10.1. The number of rotatable bonds is 7. The number of phenolic OH excluding ortho intramolecular Hbond substituents is 1. The summed E-state index contributed by atoms with van der Waals surface area (Å²) in [4.78, 5) is 23.4. The number of aliphatic hydroxyl groups excluding tert-OH is 1. The summed E-state index contributed by atoms with van der Waals surface area (Å²) in [7, 11) is 2.84. The molecule has 0 aliphatic heterocycles. The predicted octanol–water partition coefficient (Wildman–Crippen LogP) is 3.41. The average molecular weight is 368 g/mol. The Bertz CT molecular complexity index is 884. The molecule has 0 saturated heterocycles. The number of hydrogen-bond donors (Lipinski definition) is 2. The Labute approximate surface area is 157 Å². The van der Waals surface area contributed by atoms with Gasteiger partial charge in [0.25, 0.3) is 0 Å². The molecule has 0 atom stereocenters. The highest BCUT2D eigenvalue weighted by Gasteiger charge is 2.11. The van der Waals surface area contributed by atoms with Crippen LogP contribution in [0.25, 0.3) is 6.08 Å². The van der Waals surface area contributed by atoms with Gasteiger partial charge in [0.1, 0.15) is 0 Å². The van der Waals surface area contributed by atoms with Crippen LogP contribution in [0.15, 0.2) is 71.7 Å². The summed E-state index contributed by atoms with van der Waals surface area (Å²) in [5.41, 5.74) is 1.37. The van der Waals surface area contributed by atoms with Gasteiger partial charge in [-0.1, -0.05) is 24.3 Å². The standard InChI is InChI=1S/C21H20O6/c1-26-20-11-14(5-9-18(20)24)3-7-16(22)13-17(23)8-4-15-6-10-19(25)21(12-15)27-2/h3-7,9-13,23-24H,8H2,1-2H3/b7-3+,15-4+,17-13-. The van der Waals surface area contributed by atoms with E-state index in [2.05, 4.69) is 0 Å². The van der Waals surface area contributed by atoms with E-state index in [0.717, 1.165) is 6.08 Å². The highest BCUT2D eigenvalue weighted by atomic mass is 16.5. The van der Waals surface area contributed by atoms with Gasteiger partial charge in [-0.3, -0.25) is 9.59 Å². The fourth-order valence-corrected chi connectivity index (χ4v) is 2.28. The summed E-state index contributed by atoms with van der Waals surface area (Å²) in [6, 6.07) is 4.68. The molecule has 0 bridgehead atoms. The second-order valence-electron chi connectivity index (χ2n) is 5.62. The molecule has 1 aromatic carbocycles. The average Bonchev–Trinajstić information content (AvgIpc) is 2.66. The molecule has 0 unspecified atom stereocenters. The van der Waals surface area contributed by atoms with Crippen molar-refractivity contribution in [1.82, 2.24) is 0 Å². The number of ether oxygens (including phenoxy) is 2. The van der Waals surface area contributed by atoms with E-state index in [-0.39, 0.29) is 35.3 Å². The van der Waals surface area contributed by atoms with Gasteiger partial charge in [0.05, 0.1) is 20.0 Å². The summed E-state index contributed by atoms with van der Waals surface area (Å²) < 4.78 is 9.96. The molecule has 6 nitrogen and oxygen atoms in total. The second-order valence-corrected chi connectivity index (χ2v) is 5.62. The number of carbonyl (C=O) groups excluding carboxylic acids is 2. The number of hydrogen-bond acceptors (Lipinski definition) is 6. The van der Waals surface area contributed by atoms with Crippen LogP contribution in [0.3, 0.4) is 0 Å². The highest BCUT2D eigenvalue weighted by Crippen LogP contribution is 2.26. The fraction of sp³-hybridized carbons (Fsp3) is 0.143. The van der Waals surface area contributed by atoms with E-state index < -0.39 is 0 Å². The number of carbonyl (C=O) groups is 2. The first-order valence-corrected chi connectivity index (χ1v) is 8.09. The highest BCUT2D eigenvalue weighted by molar-refractivity contribution is 6.04. The van der Waals surface area contributed by atoms with Crippen molar-refractivity contribution in [1.29, 1.82) is 0 Å². The molecule has 1 aliphatic carbocycles.